The number of rotatable bonds is 2. The number of hydrogen-bond acceptors (Lipinski definition) is 4. The predicted molar refractivity (Wildman–Crippen MR) is 67.3 cm³/mol. The summed E-state index contributed by atoms with van der Waals surface area (Å²) in [4.78, 5) is 0. The fraction of sp³-hybridized carbons (Fsp3) is 0.154. The highest BCUT2D eigenvalue weighted by atomic mass is 19.4. The number of fused-ring (bicyclic) bond motifs is 1. The van der Waals surface area contributed by atoms with Gasteiger partial charge in [0.05, 0.1) is 5.56 Å². The van der Waals surface area contributed by atoms with Crippen LogP contribution in [0.2, 0.25) is 0 Å². The average molecular weight is 366 g/mol. The summed E-state index contributed by atoms with van der Waals surface area (Å²) >= 11 is 0. The highest BCUT2D eigenvalue weighted by Gasteiger charge is 2.38. The molecule has 12 heteroatoms. The van der Waals surface area contributed by atoms with Crippen molar-refractivity contribution in [2.45, 2.75) is 12.4 Å². The zero-order chi connectivity index (χ0) is 18.4. The topological polar surface area (TPSA) is 52.3 Å². The molecule has 0 saturated heterocycles. The van der Waals surface area contributed by atoms with E-state index in [1.165, 1.54) is 0 Å². The van der Waals surface area contributed by atoms with Gasteiger partial charge in [-0.05, 0) is 24.3 Å². The second kappa shape index (κ2) is 5.57. The average Bonchev–Trinajstić information content (AvgIpc) is 2.91. The van der Waals surface area contributed by atoms with E-state index in [4.69, 9.17) is 4.74 Å². The summed E-state index contributed by atoms with van der Waals surface area (Å²) in [5.41, 5.74) is -1.82. The number of nitrogens with zero attached hydrogens (tertiary/aromatic N) is 4. The standard InChI is InChI=1S/C13H5F7N4O/c14-8-2-1-6(5-7(8)12(15,16)17)25-10-4-3-9-21-22-11(13(18,19)20)24(9)23-10/h1-5H. The fourth-order valence-electron chi connectivity index (χ4n) is 1.91. The Hall–Kier alpha value is -2.92. The van der Waals surface area contributed by atoms with Crippen molar-refractivity contribution in [1.82, 2.24) is 19.8 Å². The van der Waals surface area contributed by atoms with E-state index >= 15 is 0 Å². The molecular formula is C13H5F7N4O. The van der Waals surface area contributed by atoms with Crippen LogP contribution in [0.1, 0.15) is 11.4 Å². The van der Waals surface area contributed by atoms with Crippen molar-refractivity contribution in [1.29, 1.82) is 0 Å². The van der Waals surface area contributed by atoms with Crippen LogP contribution in [0.4, 0.5) is 30.7 Å². The first-order chi connectivity index (χ1) is 11.6. The van der Waals surface area contributed by atoms with Crippen molar-refractivity contribution in [3.8, 4) is 11.6 Å². The highest BCUT2D eigenvalue weighted by Crippen LogP contribution is 2.34. The normalized spacial score (nSPS) is 12.6. The van der Waals surface area contributed by atoms with Gasteiger partial charge in [0, 0.05) is 6.07 Å². The molecule has 2 aromatic heterocycles. The van der Waals surface area contributed by atoms with Gasteiger partial charge in [-0.1, -0.05) is 0 Å². The van der Waals surface area contributed by atoms with Gasteiger partial charge in [-0.25, -0.2) is 4.39 Å². The summed E-state index contributed by atoms with van der Waals surface area (Å²) in [6.45, 7) is 0. The van der Waals surface area contributed by atoms with E-state index in [1.54, 1.807) is 0 Å². The zero-order valence-corrected chi connectivity index (χ0v) is 11.7. The molecule has 0 amide bonds. The molecule has 3 aromatic rings. The maximum absolute atomic E-state index is 13.2. The van der Waals surface area contributed by atoms with E-state index < -0.39 is 41.2 Å². The van der Waals surface area contributed by atoms with E-state index in [0.717, 1.165) is 18.2 Å². The van der Waals surface area contributed by atoms with Gasteiger partial charge in [-0.2, -0.15) is 30.9 Å². The van der Waals surface area contributed by atoms with E-state index in [1.807, 2.05) is 0 Å². The zero-order valence-electron chi connectivity index (χ0n) is 11.7. The minimum absolute atomic E-state index is 0.241. The monoisotopic (exact) mass is 366 g/mol. The van der Waals surface area contributed by atoms with Crippen LogP contribution >= 0.6 is 0 Å². The molecule has 5 nitrogen and oxygen atoms in total. The first-order valence-electron chi connectivity index (χ1n) is 6.40. The molecule has 25 heavy (non-hydrogen) atoms. The Balaban J connectivity index is 1.99. The third-order valence-electron chi connectivity index (χ3n) is 2.96. The van der Waals surface area contributed by atoms with Crippen molar-refractivity contribution >= 4 is 5.65 Å². The third-order valence-corrected chi connectivity index (χ3v) is 2.96. The van der Waals surface area contributed by atoms with Crippen LogP contribution in [0.5, 0.6) is 11.6 Å². The smallest absolute Gasteiger partial charge is 0.438 e. The van der Waals surface area contributed by atoms with Crippen LogP contribution in [0, 0.1) is 5.82 Å². The van der Waals surface area contributed by atoms with Crippen LogP contribution in [-0.4, -0.2) is 19.8 Å². The van der Waals surface area contributed by atoms with E-state index in [0.29, 0.717) is 16.6 Å². The molecule has 132 valence electrons. The first-order valence-corrected chi connectivity index (χ1v) is 6.40. The van der Waals surface area contributed by atoms with Gasteiger partial charge in [-0.15, -0.1) is 15.3 Å². The molecule has 0 unspecified atom stereocenters. The lowest BCUT2D eigenvalue weighted by molar-refractivity contribution is -0.146. The van der Waals surface area contributed by atoms with Crippen molar-refractivity contribution in [2.75, 3.05) is 0 Å². The molecule has 2 heterocycles. The fourth-order valence-corrected chi connectivity index (χ4v) is 1.91. The number of halogens is 7. The molecule has 0 N–H and O–H groups in total. The van der Waals surface area contributed by atoms with Gasteiger partial charge in [0.1, 0.15) is 11.6 Å². The first kappa shape index (κ1) is 16.9. The van der Waals surface area contributed by atoms with E-state index in [9.17, 15) is 30.7 Å². The summed E-state index contributed by atoms with van der Waals surface area (Å²) < 4.78 is 94.8. The Morgan fingerprint density at radius 2 is 1.60 bits per heavy atom. The largest absolute Gasteiger partial charge is 0.453 e. The predicted octanol–water partition coefficient (Wildman–Crippen LogP) is 4.09. The van der Waals surface area contributed by atoms with Crippen LogP contribution in [0.3, 0.4) is 0 Å². The van der Waals surface area contributed by atoms with Gasteiger partial charge < -0.3 is 4.74 Å². The molecule has 3 rings (SSSR count). The van der Waals surface area contributed by atoms with Crippen molar-refractivity contribution in [3.05, 3.63) is 47.5 Å². The minimum atomic E-state index is -4.96. The Morgan fingerprint density at radius 1 is 0.880 bits per heavy atom. The minimum Gasteiger partial charge on any atom is -0.438 e. The molecule has 0 aliphatic carbocycles. The van der Waals surface area contributed by atoms with Gasteiger partial charge in [0.25, 0.3) is 5.82 Å². The SMILES string of the molecule is Fc1ccc(Oc2ccc3nnc(C(F)(F)F)n3n2)cc1C(F)(F)F. The molecule has 0 fully saturated rings. The highest BCUT2D eigenvalue weighted by molar-refractivity contribution is 5.39. The summed E-state index contributed by atoms with van der Waals surface area (Å²) in [6, 6.07) is 3.95. The van der Waals surface area contributed by atoms with Gasteiger partial charge >= 0.3 is 12.4 Å². The van der Waals surface area contributed by atoms with Gasteiger partial charge in [0.2, 0.25) is 5.88 Å². The summed E-state index contributed by atoms with van der Waals surface area (Å²) in [5, 5.41) is 9.70. The second-order valence-corrected chi connectivity index (χ2v) is 4.70. The maximum atomic E-state index is 13.2. The van der Waals surface area contributed by atoms with Gasteiger partial charge in [-0.3, -0.25) is 0 Å². The van der Waals surface area contributed by atoms with Crippen LogP contribution < -0.4 is 4.74 Å². The molecule has 0 spiro atoms. The van der Waals surface area contributed by atoms with Crippen molar-refractivity contribution in [3.63, 3.8) is 0 Å². The molecule has 0 aliphatic rings. The Kier molecular flexibility index (Phi) is 3.77. The lowest BCUT2D eigenvalue weighted by Gasteiger charge is -2.11. The lowest BCUT2D eigenvalue weighted by atomic mass is 10.2. The summed E-state index contributed by atoms with van der Waals surface area (Å²) in [5.74, 6) is -3.86. The lowest BCUT2D eigenvalue weighted by Crippen LogP contribution is -2.12. The molecule has 0 aliphatic heterocycles. The Labute approximate surface area is 133 Å². The number of hydrogen-bond donors (Lipinski definition) is 0. The summed E-state index contributed by atoms with van der Waals surface area (Å²) in [6.07, 6.45) is -9.80. The number of ether oxygens (including phenoxy) is 1. The molecule has 0 atom stereocenters. The number of aromatic nitrogens is 4. The van der Waals surface area contributed by atoms with Crippen molar-refractivity contribution < 1.29 is 35.5 Å². The van der Waals surface area contributed by atoms with E-state index in [-0.39, 0.29) is 5.65 Å². The van der Waals surface area contributed by atoms with Crippen molar-refractivity contribution in [2.24, 2.45) is 0 Å². The third kappa shape index (κ3) is 3.32. The number of benzene rings is 1. The molecule has 0 saturated carbocycles. The Bertz CT molecular complexity index is 932. The van der Waals surface area contributed by atoms with E-state index in [2.05, 4.69) is 15.3 Å². The van der Waals surface area contributed by atoms with Gasteiger partial charge in [0.15, 0.2) is 5.65 Å². The molecule has 0 radical (unpaired) electrons. The molecule has 1 aromatic carbocycles. The molecular weight excluding hydrogens is 361 g/mol. The molecule has 0 bridgehead atoms. The van der Waals surface area contributed by atoms with Crippen LogP contribution in [-0.2, 0) is 12.4 Å². The number of alkyl halides is 6. The maximum Gasteiger partial charge on any atom is 0.453 e. The second-order valence-electron chi connectivity index (χ2n) is 4.70. The van der Waals surface area contributed by atoms with Crippen LogP contribution in [0.15, 0.2) is 30.3 Å². The quantitative estimate of drug-likeness (QED) is 0.641. The Morgan fingerprint density at radius 3 is 2.24 bits per heavy atom. The summed E-state index contributed by atoms with van der Waals surface area (Å²) in [7, 11) is 0. The van der Waals surface area contributed by atoms with Crippen LogP contribution in [0.25, 0.3) is 5.65 Å².